The molecule has 2 atom stereocenters. The molecule has 1 aromatic rings. The van der Waals surface area contributed by atoms with Gasteiger partial charge < -0.3 is 5.32 Å². The topological polar surface area (TPSA) is 15.3 Å². The van der Waals surface area contributed by atoms with Crippen LogP contribution in [0, 0.1) is 12.8 Å². The molecule has 0 bridgehead atoms. The Morgan fingerprint density at radius 2 is 2.15 bits per heavy atom. The lowest BCUT2D eigenvalue weighted by Gasteiger charge is -2.37. The number of nitrogens with zero attached hydrogens (tertiary/aromatic N) is 1. The van der Waals surface area contributed by atoms with Crippen molar-refractivity contribution in [2.24, 2.45) is 5.92 Å². The first-order chi connectivity index (χ1) is 9.47. The number of hydrogen-bond donors (Lipinski definition) is 1. The van der Waals surface area contributed by atoms with E-state index in [1.807, 2.05) is 11.3 Å². The van der Waals surface area contributed by atoms with Gasteiger partial charge in [-0.2, -0.15) is 0 Å². The van der Waals surface area contributed by atoms with Crippen LogP contribution in [0.4, 0.5) is 0 Å². The van der Waals surface area contributed by atoms with Gasteiger partial charge in [-0.05, 0) is 50.8 Å². The highest BCUT2D eigenvalue weighted by atomic mass is 32.1. The molecule has 0 spiro atoms. The summed E-state index contributed by atoms with van der Waals surface area (Å²) < 4.78 is 0. The number of thiophene rings is 1. The van der Waals surface area contributed by atoms with Crippen LogP contribution < -0.4 is 5.32 Å². The Bertz CT molecular complexity index is 425. The van der Waals surface area contributed by atoms with Crippen molar-refractivity contribution in [2.75, 3.05) is 6.54 Å². The van der Waals surface area contributed by atoms with Gasteiger partial charge in [-0.15, -0.1) is 11.3 Å². The summed E-state index contributed by atoms with van der Waals surface area (Å²) in [7, 11) is 0. The second-order valence-electron chi connectivity index (χ2n) is 6.66. The SMILES string of the molecule is Cc1sc(CNC(C)C)cc1CN1CCCC(C)C1C. The molecule has 2 rings (SSSR count). The molecule has 1 N–H and O–H groups in total. The summed E-state index contributed by atoms with van der Waals surface area (Å²) in [5.74, 6) is 0.838. The average Bonchev–Trinajstić information content (AvgIpc) is 2.73. The van der Waals surface area contributed by atoms with Gasteiger partial charge in [0.15, 0.2) is 0 Å². The van der Waals surface area contributed by atoms with E-state index in [-0.39, 0.29) is 0 Å². The fourth-order valence-corrected chi connectivity index (χ4v) is 4.00. The molecule has 1 aliphatic rings. The maximum Gasteiger partial charge on any atom is 0.0302 e. The van der Waals surface area contributed by atoms with Crippen molar-refractivity contribution in [3.8, 4) is 0 Å². The summed E-state index contributed by atoms with van der Waals surface area (Å²) in [6.07, 6.45) is 2.75. The second kappa shape index (κ2) is 7.06. The van der Waals surface area contributed by atoms with Gasteiger partial charge in [-0.1, -0.05) is 20.8 Å². The summed E-state index contributed by atoms with van der Waals surface area (Å²) in [4.78, 5) is 5.64. The van der Waals surface area contributed by atoms with Crippen molar-refractivity contribution >= 4 is 11.3 Å². The van der Waals surface area contributed by atoms with Gasteiger partial charge in [0.2, 0.25) is 0 Å². The molecular formula is C17H30N2S. The number of rotatable bonds is 5. The minimum absolute atomic E-state index is 0.559. The molecular weight excluding hydrogens is 264 g/mol. The standard InChI is InChI=1S/C17H30N2S/c1-12(2)18-10-17-9-16(15(5)20-17)11-19-8-6-7-13(3)14(19)4/h9,12-14,18H,6-8,10-11H2,1-5H3. The Kier molecular flexibility index (Phi) is 5.65. The summed E-state index contributed by atoms with van der Waals surface area (Å²) >= 11 is 1.96. The van der Waals surface area contributed by atoms with Crippen molar-refractivity contribution in [3.05, 3.63) is 21.4 Å². The zero-order valence-electron chi connectivity index (χ0n) is 13.7. The van der Waals surface area contributed by atoms with Crippen LogP contribution in [0.2, 0.25) is 0 Å². The van der Waals surface area contributed by atoms with Crippen LogP contribution in [-0.4, -0.2) is 23.5 Å². The van der Waals surface area contributed by atoms with Gasteiger partial charge in [-0.3, -0.25) is 4.90 Å². The number of aryl methyl sites for hydroxylation is 1. The summed E-state index contributed by atoms with van der Waals surface area (Å²) in [5.41, 5.74) is 1.54. The maximum absolute atomic E-state index is 3.52. The van der Waals surface area contributed by atoms with Crippen LogP contribution in [-0.2, 0) is 13.1 Å². The van der Waals surface area contributed by atoms with Crippen molar-refractivity contribution in [1.82, 2.24) is 10.2 Å². The number of piperidine rings is 1. The largest absolute Gasteiger partial charge is 0.310 e. The predicted octanol–water partition coefficient (Wildman–Crippen LogP) is 4.17. The van der Waals surface area contributed by atoms with Crippen LogP contribution >= 0.6 is 11.3 Å². The zero-order valence-corrected chi connectivity index (χ0v) is 14.5. The first-order valence-corrected chi connectivity index (χ1v) is 8.84. The van der Waals surface area contributed by atoms with E-state index in [2.05, 4.69) is 50.9 Å². The first kappa shape index (κ1) is 16.0. The van der Waals surface area contributed by atoms with E-state index in [0.717, 1.165) is 25.0 Å². The molecule has 0 aromatic carbocycles. The van der Waals surface area contributed by atoms with Crippen LogP contribution in [0.25, 0.3) is 0 Å². The van der Waals surface area contributed by atoms with Crippen LogP contribution in [0.15, 0.2) is 6.07 Å². The minimum atomic E-state index is 0.559. The molecule has 114 valence electrons. The van der Waals surface area contributed by atoms with Gasteiger partial charge in [0.05, 0.1) is 0 Å². The average molecular weight is 295 g/mol. The third kappa shape index (κ3) is 4.06. The molecule has 3 heteroatoms. The fourth-order valence-electron chi connectivity index (χ4n) is 3.00. The zero-order chi connectivity index (χ0) is 14.7. The van der Waals surface area contributed by atoms with Gasteiger partial charge in [0.1, 0.15) is 0 Å². The monoisotopic (exact) mass is 294 g/mol. The van der Waals surface area contributed by atoms with E-state index >= 15 is 0 Å². The molecule has 0 saturated carbocycles. The molecule has 20 heavy (non-hydrogen) atoms. The van der Waals surface area contributed by atoms with E-state index < -0.39 is 0 Å². The van der Waals surface area contributed by atoms with E-state index in [4.69, 9.17) is 0 Å². The highest BCUT2D eigenvalue weighted by Crippen LogP contribution is 2.28. The Morgan fingerprint density at radius 3 is 2.85 bits per heavy atom. The normalized spacial score (nSPS) is 24.5. The van der Waals surface area contributed by atoms with Crippen LogP contribution in [0.5, 0.6) is 0 Å². The molecule has 1 aliphatic heterocycles. The Balaban J connectivity index is 1.98. The smallest absolute Gasteiger partial charge is 0.0302 e. The lowest BCUT2D eigenvalue weighted by atomic mass is 9.92. The van der Waals surface area contributed by atoms with Crippen LogP contribution in [0.3, 0.4) is 0 Å². The van der Waals surface area contributed by atoms with Crippen molar-refractivity contribution in [3.63, 3.8) is 0 Å². The third-order valence-corrected chi connectivity index (χ3v) is 5.73. The summed E-state index contributed by atoms with van der Waals surface area (Å²) in [6.45, 7) is 14.9. The van der Waals surface area contributed by atoms with Crippen molar-refractivity contribution < 1.29 is 0 Å². The highest BCUT2D eigenvalue weighted by molar-refractivity contribution is 7.12. The summed E-state index contributed by atoms with van der Waals surface area (Å²) in [6, 6.07) is 3.70. The molecule has 0 amide bonds. The molecule has 0 aliphatic carbocycles. The highest BCUT2D eigenvalue weighted by Gasteiger charge is 2.25. The van der Waals surface area contributed by atoms with Crippen molar-refractivity contribution in [2.45, 2.75) is 72.6 Å². The lowest BCUT2D eigenvalue weighted by Crippen LogP contribution is -2.41. The van der Waals surface area contributed by atoms with E-state index in [0.29, 0.717) is 6.04 Å². The first-order valence-electron chi connectivity index (χ1n) is 8.03. The van der Waals surface area contributed by atoms with Crippen molar-refractivity contribution in [1.29, 1.82) is 0 Å². The fraction of sp³-hybridized carbons (Fsp3) is 0.765. The summed E-state index contributed by atoms with van der Waals surface area (Å²) in [5, 5.41) is 3.52. The van der Waals surface area contributed by atoms with Crippen LogP contribution in [0.1, 0.15) is 55.9 Å². The predicted molar refractivity (Wildman–Crippen MR) is 89.3 cm³/mol. The van der Waals surface area contributed by atoms with Gasteiger partial charge in [-0.25, -0.2) is 0 Å². The molecule has 2 heterocycles. The van der Waals surface area contributed by atoms with E-state index in [1.54, 1.807) is 0 Å². The number of hydrogen-bond acceptors (Lipinski definition) is 3. The number of likely N-dealkylation sites (tertiary alicyclic amines) is 1. The molecule has 1 saturated heterocycles. The Morgan fingerprint density at radius 1 is 1.40 bits per heavy atom. The van der Waals surface area contributed by atoms with E-state index in [1.165, 1.54) is 34.7 Å². The lowest BCUT2D eigenvalue weighted by molar-refractivity contribution is 0.106. The third-order valence-electron chi connectivity index (χ3n) is 4.63. The molecule has 0 radical (unpaired) electrons. The molecule has 2 nitrogen and oxygen atoms in total. The minimum Gasteiger partial charge on any atom is -0.310 e. The van der Waals surface area contributed by atoms with E-state index in [9.17, 15) is 0 Å². The quantitative estimate of drug-likeness (QED) is 0.876. The number of nitrogens with one attached hydrogen (secondary N) is 1. The van der Waals surface area contributed by atoms with Gasteiger partial charge in [0, 0.05) is 34.9 Å². The van der Waals surface area contributed by atoms with Gasteiger partial charge >= 0.3 is 0 Å². The molecule has 1 fully saturated rings. The molecule has 2 unspecified atom stereocenters. The molecule has 1 aromatic heterocycles. The Labute approximate surface area is 128 Å². The van der Waals surface area contributed by atoms with Gasteiger partial charge in [0.25, 0.3) is 0 Å². The second-order valence-corrected chi connectivity index (χ2v) is 8.00. The maximum atomic E-state index is 3.52. The Hall–Kier alpha value is -0.380.